The van der Waals surface area contributed by atoms with Gasteiger partial charge in [-0.2, -0.15) is 5.26 Å². The number of rotatable bonds is 1. The van der Waals surface area contributed by atoms with Gasteiger partial charge in [0.25, 0.3) is 0 Å². The van der Waals surface area contributed by atoms with Crippen molar-refractivity contribution in [2.45, 2.75) is 5.03 Å². The summed E-state index contributed by atoms with van der Waals surface area (Å²) in [6.45, 7) is 0. The smallest absolute Gasteiger partial charge is 0.215 e. The number of pyridine rings is 1. The Balaban J connectivity index is 3.34. The lowest BCUT2D eigenvalue weighted by atomic mass is 10.5. The molecule has 1 unspecified atom stereocenters. The second-order valence-corrected chi connectivity index (χ2v) is 5.43. The first-order valence-corrected chi connectivity index (χ1v) is 6.00. The molecule has 0 saturated carbocycles. The van der Waals surface area contributed by atoms with Crippen molar-refractivity contribution < 1.29 is 4.21 Å². The summed E-state index contributed by atoms with van der Waals surface area (Å²) in [6.07, 6.45) is 4.41. The summed E-state index contributed by atoms with van der Waals surface area (Å²) in [5.41, 5.74) is 0. The Morgan fingerprint density at radius 3 is 3.00 bits per heavy atom. The second kappa shape index (κ2) is 3.85. The molecule has 0 saturated heterocycles. The SMILES string of the molecule is CS(=O)(=NC#N)c1cc(Br)ccn1. The molecule has 0 aliphatic carbocycles. The van der Waals surface area contributed by atoms with Crippen molar-refractivity contribution in [2.75, 3.05) is 6.26 Å². The number of aromatic nitrogens is 1. The lowest BCUT2D eigenvalue weighted by Gasteiger charge is -1.99. The van der Waals surface area contributed by atoms with Gasteiger partial charge in [-0.3, -0.25) is 0 Å². The van der Waals surface area contributed by atoms with Gasteiger partial charge in [0.05, 0.1) is 0 Å². The largest absolute Gasteiger partial charge is 0.246 e. The van der Waals surface area contributed by atoms with Gasteiger partial charge in [0.15, 0.2) is 0 Å². The standard InChI is InChI=1S/C7H6BrN3OS/c1-13(12,11-5-9)7-4-6(8)2-3-10-7/h2-4H,1H3. The molecule has 4 nitrogen and oxygen atoms in total. The Labute approximate surface area is 84.9 Å². The molecule has 0 aliphatic heterocycles. The van der Waals surface area contributed by atoms with E-state index in [2.05, 4.69) is 25.3 Å². The summed E-state index contributed by atoms with van der Waals surface area (Å²) in [7, 11) is -2.66. The van der Waals surface area contributed by atoms with E-state index in [1.165, 1.54) is 18.6 Å². The lowest BCUT2D eigenvalue weighted by molar-refractivity contribution is 0.678. The molecule has 1 rings (SSSR count). The summed E-state index contributed by atoms with van der Waals surface area (Å²) in [4.78, 5) is 3.88. The molecule has 0 amide bonds. The van der Waals surface area contributed by atoms with Crippen LogP contribution in [0, 0.1) is 11.5 Å². The number of hydrogen-bond acceptors (Lipinski definition) is 4. The molecule has 1 aromatic heterocycles. The van der Waals surface area contributed by atoms with E-state index >= 15 is 0 Å². The predicted octanol–water partition coefficient (Wildman–Crippen LogP) is 1.78. The van der Waals surface area contributed by atoms with Crippen LogP contribution in [0.25, 0.3) is 0 Å². The van der Waals surface area contributed by atoms with Crippen LogP contribution in [-0.2, 0) is 9.73 Å². The van der Waals surface area contributed by atoms with E-state index < -0.39 is 9.73 Å². The van der Waals surface area contributed by atoms with Crippen molar-refractivity contribution >= 4 is 25.7 Å². The Morgan fingerprint density at radius 1 is 1.77 bits per heavy atom. The summed E-state index contributed by atoms with van der Waals surface area (Å²) >= 11 is 3.22. The van der Waals surface area contributed by atoms with Gasteiger partial charge in [-0.05, 0) is 12.1 Å². The molecule has 0 aliphatic rings. The van der Waals surface area contributed by atoms with Crippen LogP contribution >= 0.6 is 15.9 Å². The van der Waals surface area contributed by atoms with Crippen molar-refractivity contribution in [1.29, 1.82) is 5.26 Å². The zero-order valence-corrected chi connectivity index (χ0v) is 9.17. The van der Waals surface area contributed by atoms with Gasteiger partial charge in [0, 0.05) is 16.9 Å². The third-order valence-corrected chi connectivity index (χ3v) is 3.22. The fourth-order valence-corrected chi connectivity index (χ4v) is 2.06. The van der Waals surface area contributed by atoms with E-state index in [9.17, 15) is 4.21 Å². The maximum Gasteiger partial charge on any atom is 0.215 e. The van der Waals surface area contributed by atoms with Gasteiger partial charge in [-0.25, -0.2) is 9.19 Å². The lowest BCUT2D eigenvalue weighted by Crippen LogP contribution is -1.99. The zero-order chi connectivity index (χ0) is 9.90. The molecular weight excluding hydrogens is 254 g/mol. The Hall–Kier alpha value is -0.930. The minimum Gasteiger partial charge on any atom is -0.246 e. The average molecular weight is 260 g/mol. The van der Waals surface area contributed by atoms with Crippen molar-refractivity contribution in [1.82, 2.24) is 4.98 Å². The number of nitriles is 1. The van der Waals surface area contributed by atoms with E-state index in [1.807, 2.05) is 0 Å². The summed E-state index contributed by atoms with van der Waals surface area (Å²) in [5, 5.41) is 8.61. The zero-order valence-electron chi connectivity index (χ0n) is 6.77. The van der Waals surface area contributed by atoms with E-state index in [0.29, 0.717) is 5.03 Å². The van der Waals surface area contributed by atoms with Gasteiger partial charge < -0.3 is 0 Å². The molecule has 13 heavy (non-hydrogen) atoms. The van der Waals surface area contributed by atoms with Crippen LogP contribution in [0.3, 0.4) is 0 Å². The molecule has 1 heterocycles. The fraction of sp³-hybridized carbons (Fsp3) is 0.143. The van der Waals surface area contributed by atoms with Crippen LogP contribution in [0.2, 0.25) is 0 Å². The van der Waals surface area contributed by atoms with Crippen molar-refractivity contribution in [3.63, 3.8) is 0 Å². The second-order valence-electron chi connectivity index (χ2n) is 2.31. The number of nitrogens with zero attached hydrogens (tertiary/aromatic N) is 3. The van der Waals surface area contributed by atoms with Crippen LogP contribution < -0.4 is 0 Å². The maximum atomic E-state index is 11.7. The monoisotopic (exact) mass is 259 g/mol. The Morgan fingerprint density at radius 2 is 2.46 bits per heavy atom. The highest BCUT2D eigenvalue weighted by molar-refractivity contribution is 9.10. The molecule has 0 N–H and O–H groups in total. The Bertz CT molecular complexity index is 471. The number of hydrogen-bond donors (Lipinski definition) is 0. The van der Waals surface area contributed by atoms with Gasteiger partial charge in [0.2, 0.25) is 6.19 Å². The van der Waals surface area contributed by atoms with Crippen LogP contribution in [0.15, 0.2) is 32.2 Å². The summed E-state index contributed by atoms with van der Waals surface area (Å²) in [5.74, 6) is 0. The molecule has 0 radical (unpaired) electrons. The van der Waals surface area contributed by atoms with Crippen LogP contribution in [-0.4, -0.2) is 15.4 Å². The molecule has 6 heteroatoms. The first-order valence-electron chi connectivity index (χ1n) is 3.28. The van der Waals surface area contributed by atoms with Crippen molar-refractivity contribution in [2.24, 2.45) is 4.36 Å². The minimum atomic E-state index is -2.66. The van der Waals surface area contributed by atoms with Gasteiger partial charge in [-0.15, -0.1) is 4.36 Å². The van der Waals surface area contributed by atoms with Gasteiger partial charge in [-0.1, -0.05) is 15.9 Å². The van der Waals surface area contributed by atoms with Crippen molar-refractivity contribution in [3.05, 3.63) is 22.8 Å². The molecule has 1 aromatic rings. The van der Waals surface area contributed by atoms with Crippen molar-refractivity contribution in [3.8, 4) is 6.19 Å². The molecule has 0 spiro atoms. The predicted molar refractivity (Wildman–Crippen MR) is 52.3 cm³/mol. The number of halogens is 1. The van der Waals surface area contributed by atoms with E-state index in [4.69, 9.17) is 5.26 Å². The quantitative estimate of drug-likeness (QED) is 0.723. The highest BCUT2D eigenvalue weighted by Crippen LogP contribution is 2.14. The third-order valence-electron chi connectivity index (χ3n) is 1.30. The summed E-state index contributed by atoms with van der Waals surface area (Å²) < 4.78 is 15.7. The first-order chi connectivity index (χ1) is 6.06. The van der Waals surface area contributed by atoms with Gasteiger partial charge in [0.1, 0.15) is 14.8 Å². The minimum absolute atomic E-state index is 0.309. The van der Waals surface area contributed by atoms with Crippen LogP contribution in [0.5, 0.6) is 0 Å². The third kappa shape index (κ3) is 2.50. The van der Waals surface area contributed by atoms with Gasteiger partial charge >= 0.3 is 0 Å². The molecular formula is C7H6BrN3OS. The molecule has 68 valence electrons. The van der Waals surface area contributed by atoms with Crippen LogP contribution in [0.1, 0.15) is 0 Å². The highest BCUT2D eigenvalue weighted by Gasteiger charge is 2.07. The normalized spacial score (nSPS) is 14.2. The first kappa shape index (κ1) is 10.2. The van der Waals surface area contributed by atoms with E-state index in [-0.39, 0.29) is 0 Å². The average Bonchev–Trinajstić information content (AvgIpc) is 2.04. The van der Waals surface area contributed by atoms with E-state index in [0.717, 1.165) is 4.47 Å². The maximum absolute atomic E-state index is 11.7. The fourth-order valence-electron chi connectivity index (χ4n) is 0.717. The van der Waals surface area contributed by atoms with Crippen LogP contribution in [0.4, 0.5) is 0 Å². The molecule has 1 atom stereocenters. The molecule has 0 bridgehead atoms. The van der Waals surface area contributed by atoms with E-state index in [1.54, 1.807) is 12.1 Å². The molecule has 0 fully saturated rings. The summed E-state index contributed by atoms with van der Waals surface area (Å²) in [6, 6.07) is 3.30. The Kier molecular flexibility index (Phi) is 3.01. The molecule has 0 aromatic carbocycles. The topological polar surface area (TPSA) is 66.1 Å². The highest BCUT2D eigenvalue weighted by atomic mass is 79.9.